The summed E-state index contributed by atoms with van der Waals surface area (Å²) in [6.07, 6.45) is -2.09. The van der Waals surface area contributed by atoms with Gasteiger partial charge in [0.15, 0.2) is 0 Å². The van der Waals surface area contributed by atoms with Gasteiger partial charge in [0.1, 0.15) is 6.04 Å². The Bertz CT molecular complexity index is 302. The predicted octanol–water partition coefficient (Wildman–Crippen LogP) is 2.87. The molecule has 1 amide bonds. The molecule has 0 radical (unpaired) electrons. The second kappa shape index (κ2) is 5.47. The van der Waals surface area contributed by atoms with Gasteiger partial charge in [0.05, 0.1) is 5.41 Å². The monoisotopic (exact) mass is 266 g/mol. The lowest BCUT2D eigenvalue weighted by Gasteiger charge is -2.29. The van der Waals surface area contributed by atoms with Crippen LogP contribution in [-0.4, -0.2) is 29.7 Å². The van der Waals surface area contributed by atoms with Gasteiger partial charge in [-0.2, -0.15) is 13.2 Å². The Balaban J connectivity index is 2.70. The molecule has 1 heterocycles. The topological polar surface area (TPSA) is 32.3 Å². The van der Waals surface area contributed by atoms with Crippen LogP contribution in [0.3, 0.4) is 0 Å². The normalized spacial score (nSPS) is 22.0. The van der Waals surface area contributed by atoms with E-state index in [2.05, 4.69) is 5.43 Å². The molecule has 0 bridgehead atoms. The first-order valence-electron chi connectivity index (χ1n) is 6.33. The fourth-order valence-corrected chi connectivity index (χ4v) is 2.09. The molecule has 0 aromatic carbocycles. The number of alkyl halides is 3. The highest BCUT2D eigenvalue weighted by molar-refractivity contribution is 5.83. The molecule has 0 aromatic heterocycles. The highest BCUT2D eigenvalue weighted by Gasteiger charge is 2.49. The van der Waals surface area contributed by atoms with Crippen molar-refractivity contribution < 1.29 is 18.0 Å². The number of rotatable bonds is 5. The molecule has 0 aromatic rings. The van der Waals surface area contributed by atoms with E-state index in [1.54, 1.807) is 13.8 Å². The average Bonchev–Trinajstić information content (AvgIpc) is 2.46. The maximum atomic E-state index is 13.0. The van der Waals surface area contributed by atoms with E-state index >= 15 is 0 Å². The van der Waals surface area contributed by atoms with E-state index < -0.39 is 17.6 Å². The van der Waals surface area contributed by atoms with Crippen molar-refractivity contribution in [3.05, 3.63) is 0 Å². The predicted molar refractivity (Wildman–Crippen MR) is 62.6 cm³/mol. The van der Waals surface area contributed by atoms with E-state index in [4.69, 9.17) is 0 Å². The number of hydrogen-bond donors (Lipinski definition) is 1. The fourth-order valence-electron chi connectivity index (χ4n) is 2.09. The Labute approximate surface area is 106 Å². The SMILES string of the molecule is CCCCCC(N1CC(C)(C)C(=O)N1)C(F)(F)F. The molecule has 1 aliphatic rings. The van der Waals surface area contributed by atoms with Gasteiger partial charge in [0.25, 0.3) is 0 Å². The van der Waals surface area contributed by atoms with Gasteiger partial charge >= 0.3 is 6.18 Å². The number of hydrazine groups is 1. The molecule has 0 saturated carbocycles. The zero-order chi connectivity index (χ0) is 14.0. The van der Waals surface area contributed by atoms with Gasteiger partial charge in [-0.25, -0.2) is 5.01 Å². The summed E-state index contributed by atoms with van der Waals surface area (Å²) in [6, 6.07) is -1.57. The number of unbranched alkanes of at least 4 members (excludes halogenated alkanes) is 2. The van der Waals surface area contributed by atoms with Crippen LogP contribution in [0, 0.1) is 5.41 Å². The van der Waals surface area contributed by atoms with Crippen molar-refractivity contribution in [3.63, 3.8) is 0 Å². The van der Waals surface area contributed by atoms with Crippen molar-refractivity contribution >= 4 is 5.91 Å². The molecule has 0 aliphatic carbocycles. The van der Waals surface area contributed by atoms with Crippen molar-refractivity contribution in [3.8, 4) is 0 Å². The summed E-state index contributed by atoms with van der Waals surface area (Å²) in [7, 11) is 0. The lowest BCUT2D eigenvalue weighted by molar-refractivity contribution is -0.190. The second-order valence-corrected chi connectivity index (χ2v) is 5.51. The van der Waals surface area contributed by atoms with E-state index in [1.807, 2.05) is 6.92 Å². The number of hydrogen-bond acceptors (Lipinski definition) is 2. The summed E-state index contributed by atoms with van der Waals surface area (Å²) in [5, 5.41) is 1.05. The summed E-state index contributed by atoms with van der Waals surface area (Å²) in [6.45, 7) is 5.36. The number of halogens is 3. The molecule has 1 unspecified atom stereocenters. The van der Waals surface area contributed by atoms with Crippen molar-refractivity contribution in [1.29, 1.82) is 0 Å². The van der Waals surface area contributed by atoms with Crippen molar-refractivity contribution in [1.82, 2.24) is 10.4 Å². The third-order valence-electron chi connectivity index (χ3n) is 3.26. The maximum absolute atomic E-state index is 13.0. The minimum atomic E-state index is -4.30. The van der Waals surface area contributed by atoms with Crippen molar-refractivity contribution in [2.75, 3.05) is 6.54 Å². The van der Waals surface area contributed by atoms with Crippen LogP contribution >= 0.6 is 0 Å². The lowest BCUT2D eigenvalue weighted by atomic mass is 9.94. The smallest absolute Gasteiger partial charge is 0.288 e. The third-order valence-corrected chi connectivity index (χ3v) is 3.26. The lowest BCUT2D eigenvalue weighted by Crippen LogP contribution is -2.49. The summed E-state index contributed by atoms with van der Waals surface area (Å²) in [5.74, 6) is -0.341. The Morgan fingerprint density at radius 1 is 1.39 bits per heavy atom. The van der Waals surface area contributed by atoms with E-state index in [1.165, 1.54) is 0 Å². The van der Waals surface area contributed by atoms with Gasteiger partial charge in [-0.05, 0) is 20.3 Å². The number of carbonyl (C=O) groups excluding carboxylic acids is 1. The zero-order valence-electron chi connectivity index (χ0n) is 11.1. The molecule has 1 atom stereocenters. The van der Waals surface area contributed by atoms with Gasteiger partial charge in [-0.3, -0.25) is 10.2 Å². The largest absolute Gasteiger partial charge is 0.405 e. The molecule has 1 aliphatic heterocycles. The first kappa shape index (κ1) is 15.3. The molecule has 0 spiro atoms. The molecule has 1 N–H and O–H groups in total. The zero-order valence-corrected chi connectivity index (χ0v) is 11.1. The van der Waals surface area contributed by atoms with Crippen LogP contribution < -0.4 is 5.43 Å². The molecule has 3 nitrogen and oxygen atoms in total. The van der Waals surface area contributed by atoms with Gasteiger partial charge in [0, 0.05) is 6.54 Å². The fraction of sp³-hybridized carbons (Fsp3) is 0.917. The van der Waals surface area contributed by atoms with Gasteiger partial charge in [0.2, 0.25) is 5.91 Å². The van der Waals surface area contributed by atoms with E-state index in [9.17, 15) is 18.0 Å². The van der Waals surface area contributed by atoms with Crippen LogP contribution in [0.15, 0.2) is 0 Å². The quantitative estimate of drug-likeness (QED) is 0.776. The maximum Gasteiger partial charge on any atom is 0.405 e. The van der Waals surface area contributed by atoms with Crippen LogP contribution in [0.1, 0.15) is 46.5 Å². The molecule has 18 heavy (non-hydrogen) atoms. The Hall–Kier alpha value is -0.780. The first-order chi connectivity index (χ1) is 8.18. The minimum absolute atomic E-state index is 0.0354. The number of carbonyl (C=O) groups is 1. The summed E-state index contributed by atoms with van der Waals surface area (Å²) < 4.78 is 39.0. The number of amides is 1. The average molecular weight is 266 g/mol. The number of nitrogens with zero attached hydrogens (tertiary/aromatic N) is 1. The Kier molecular flexibility index (Phi) is 4.64. The highest BCUT2D eigenvalue weighted by atomic mass is 19.4. The van der Waals surface area contributed by atoms with Crippen LogP contribution in [0.5, 0.6) is 0 Å². The van der Waals surface area contributed by atoms with E-state index in [-0.39, 0.29) is 18.9 Å². The van der Waals surface area contributed by atoms with Gasteiger partial charge < -0.3 is 0 Å². The Morgan fingerprint density at radius 2 is 2.00 bits per heavy atom. The number of nitrogens with one attached hydrogen (secondary N) is 1. The standard InChI is InChI=1S/C12H21F3N2O/c1-4-5-6-7-9(12(13,14)15)17-8-11(2,3)10(18)16-17/h9H,4-8H2,1-3H3,(H,16,18). The minimum Gasteiger partial charge on any atom is -0.288 e. The van der Waals surface area contributed by atoms with Gasteiger partial charge in [-0.1, -0.05) is 26.2 Å². The summed E-state index contributed by atoms with van der Waals surface area (Å²) in [4.78, 5) is 11.5. The molecule has 106 valence electrons. The Morgan fingerprint density at radius 3 is 2.39 bits per heavy atom. The summed E-state index contributed by atoms with van der Waals surface area (Å²) >= 11 is 0. The molecular formula is C12H21F3N2O. The molecule has 1 rings (SSSR count). The van der Waals surface area contributed by atoms with E-state index in [0.29, 0.717) is 6.42 Å². The van der Waals surface area contributed by atoms with Crippen LogP contribution in [0.4, 0.5) is 13.2 Å². The van der Waals surface area contributed by atoms with Crippen LogP contribution in [0.25, 0.3) is 0 Å². The second-order valence-electron chi connectivity index (χ2n) is 5.51. The molecule has 1 fully saturated rings. The molecule has 1 saturated heterocycles. The van der Waals surface area contributed by atoms with E-state index in [0.717, 1.165) is 17.9 Å². The van der Waals surface area contributed by atoms with Gasteiger partial charge in [-0.15, -0.1) is 0 Å². The van der Waals surface area contributed by atoms with Crippen LogP contribution in [0.2, 0.25) is 0 Å². The third kappa shape index (κ3) is 3.60. The highest BCUT2D eigenvalue weighted by Crippen LogP contribution is 2.33. The first-order valence-corrected chi connectivity index (χ1v) is 6.33. The van der Waals surface area contributed by atoms with Crippen molar-refractivity contribution in [2.45, 2.75) is 58.7 Å². The van der Waals surface area contributed by atoms with Crippen LogP contribution in [-0.2, 0) is 4.79 Å². The summed E-state index contributed by atoms with van der Waals surface area (Å²) in [5.41, 5.74) is 1.60. The van der Waals surface area contributed by atoms with Crippen molar-refractivity contribution in [2.24, 2.45) is 5.41 Å². The molecule has 6 heteroatoms. The molecular weight excluding hydrogens is 245 g/mol.